The second kappa shape index (κ2) is 13.3. The Hall–Kier alpha value is -6.38. The number of hydrogen-bond donors (Lipinski definition) is 3. The molecule has 8 aromatic rings. The van der Waals surface area contributed by atoms with Crippen molar-refractivity contribution in [2.45, 2.75) is 18.0 Å². The summed E-state index contributed by atoms with van der Waals surface area (Å²) < 4.78 is 2.22. The van der Waals surface area contributed by atoms with Gasteiger partial charge in [0.2, 0.25) is 5.82 Å². The Morgan fingerprint density at radius 3 is 1.78 bits per heavy atom. The van der Waals surface area contributed by atoms with Crippen LogP contribution in [-0.4, -0.2) is 48.4 Å². The number of amides is 1. The summed E-state index contributed by atoms with van der Waals surface area (Å²) in [6.45, 7) is -0.208. The quantitative estimate of drug-likeness (QED) is 0.136. The van der Waals surface area contributed by atoms with Gasteiger partial charge in [-0.2, -0.15) is 0 Å². The highest BCUT2D eigenvalue weighted by Gasteiger charge is 2.40. The van der Waals surface area contributed by atoms with Gasteiger partial charge >= 0.3 is 0 Å². The van der Waals surface area contributed by atoms with Crippen molar-refractivity contribution in [3.8, 4) is 11.3 Å². The van der Waals surface area contributed by atoms with Gasteiger partial charge in [0.05, 0.1) is 34.9 Å². The average Bonchev–Trinajstić information content (AvgIpc) is 3.78. The molecular weight excluding hydrogens is 621 g/mol. The fraction of sp³-hybridized carbons (Fsp3) is 0.0952. The SMILES string of the molecule is O=C(NC(CO)Cc1ccccc1)c1nc2cc3c(-c4ccncc4)[nH]n(C(c4ccccc4)(c4ccccc4)c4ccccc4)c3cc2n1. The number of pyridine rings is 1. The molecule has 8 heteroatoms. The number of hydrogen-bond acceptors (Lipinski definition) is 5. The van der Waals surface area contributed by atoms with Crippen molar-refractivity contribution in [1.82, 2.24) is 30.0 Å². The van der Waals surface area contributed by atoms with Crippen LogP contribution in [0.4, 0.5) is 0 Å². The van der Waals surface area contributed by atoms with Crippen molar-refractivity contribution >= 4 is 27.8 Å². The maximum absolute atomic E-state index is 13.5. The van der Waals surface area contributed by atoms with E-state index in [1.165, 1.54) is 0 Å². The average molecular weight is 655 g/mol. The van der Waals surface area contributed by atoms with Crippen molar-refractivity contribution < 1.29 is 9.90 Å². The summed E-state index contributed by atoms with van der Waals surface area (Å²) >= 11 is 0. The van der Waals surface area contributed by atoms with Crippen LogP contribution in [0.5, 0.6) is 0 Å². The minimum atomic E-state index is -0.826. The zero-order chi connectivity index (χ0) is 33.9. The summed E-state index contributed by atoms with van der Waals surface area (Å²) in [6.07, 6.45) is 4.05. The van der Waals surface area contributed by atoms with E-state index in [9.17, 15) is 9.90 Å². The number of aliphatic hydroxyl groups excluding tert-OH is 1. The number of nitrogens with zero attached hydrogens (tertiary/aromatic N) is 4. The second-order valence-corrected chi connectivity index (χ2v) is 12.3. The van der Waals surface area contributed by atoms with Crippen LogP contribution >= 0.6 is 0 Å². The third kappa shape index (κ3) is 5.51. The Kier molecular flexibility index (Phi) is 8.20. The molecule has 0 bridgehead atoms. The lowest BCUT2D eigenvalue weighted by Gasteiger charge is -2.37. The first-order valence-corrected chi connectivity index (χ1v) is 16.6. The lowest BCUT2D eigenvalue weighted by atomic mass is 9.77. The van der Waals surface area contributed by atoms with Crippen molar-refractivity contribution in [1.29, 1.82) is 0 Å². The van der Waals surface area contributed by atoms with Gasteiger partial charge in [-0.3, -0.25) is 19.6 Å². The van der Waals surface area contributed by atoms with E-state index in [2.05, 4.69) is 92.9 Å². The molecule has 3 N–H and O–H groups in total. The Bertz CT molecular complexity index is 2280. The van der Waals surface area contributed by atoms with E-state index in [0.29, 0.717) is 17.5 Å². The molecule has 5 aromatic carbocycles. The van der Waals surface area contributed by atoms with Crippen LogP contribution in [0.1, 0.15) is 32.9 Å². The zero-order valence-corrected chi connectivity index (χ0v) is 27.1. The van der Waals surface area contributed by atoms with Gasteiger partial charge in [0.25, 0.3) is 5.91 Å². The van der Waals surface area contributed by atoms with Gasteiger partial charge in [-0.15, -0.1) is 0 Å². The lowest BCUT2D eigenvalue weighted by molar-refractivity contribution is 0.0907. The third-order valence-electron chi connectivity index (χ3n) is 9.24. The van der Waals surface area contributed by atoms with Gasteiger partial charge in [0, 0.05) is 23.3 Å². The molecule has 244 valence electrons. The van der Waals surface area contributed by atoms with Gasteiger partial charge in [-0.05, 0) is 52.9 Å². The highest BCUT2D eigenvalue weighted by atomic mass is 16.3. The molecule has 8 rings (SSSR count). The number of fused-ring (bicyclic) bond motifs is 2. The third-order valence-corrected chi connectivity index (χ3v) is 9.24. The maximum Gasteiger partial charge on any atom is 0.289 e. The molecule has 50 heavy (non-hydrogen) atoms. The predicted molar refractivity (Wildman–Crippen MR) is 196 cm³/mol. The lowest BCUT2D eigenvalue weighted by Crippen LogP contribution is -2.39. The second-order valence-electron chi connectivity index (χ2n) is 12.3. The Morgan fingerprint density at radius 2 is 1.24 bits per heavy atom. The number of benzene rings is 5. The molecule has 3 aromatic heterocycles. The van der Waals surface area contributed by atoms with Crippen molar-refractivity contribution in [3.05, 3.63) is 186 Å². The van der Waals surface area contributed by atoms with Crippen molar-refractivity contribution in [3.63, 3.8) is 0 Å². The predicted octanol–water partition coefficient (Wildman–Crippen LogP) is 7.15. The van der Waals surface area contributed by atoms with Crippen LogP contribution in [0, 0.1) is 0 Å². The van der Waals surface area contributed by atoms with Crippen LogP contribution in [0.3, 0.4) is 0 Å². The summed E-state index contributed by atoms with van der Waals surface area (Å²) in [7, 11) is 0. The molecule has 8 nitrogen and oxygen atoms in total. The number of aromatic amines is 1. The molecule has 0 saturated carbocycles. The number of rotatable bonds is 10. The van der Waals surface area contributed by atoms with Gasteiger partial charge in [0.15, 0.2) is 0 Å². The first kappa shape index (κ1) is 30.9. The Morgan fingerprint density at radius 1 is 0.720 bits per heavy atom. The van der Waals surface area contributed by atoms with Gasteiger partial charge in [-0.25, -0.2) is 9.97 Å². The van der Waals surface area contributed by atoms with E-state index in [4.69, 9.17) is 9.97 Å². The molecule has 0 aliphatic carbocycles. The first-order chi connectivity index (χ1) is 24.6. The molecule has 1 atom stereocenters. The van der Waals surface area contributed by atoms with E-state index in [0.717, 1.165) is 44.4 Å². The monoisotopic (exact) mass is 654 g/mol. The molecule has 1 amide bonds. The minimum absolute atomic E-state index is 0.0561. The molecule has 0 fully saturated rings. The summed E-state index contributed by atoms with van der Waals surface area (Å²) in [5.74, 6) is -0.377. The number of H-pyrrole nitrogens is 1. The highest BCUT2D eigenvalue weighted by molar-refractivity contribution is 6.03. The largest absolute Gasteiger partial charge is 0.394 e. The number of nitrogens with one attached hydrogen (secondary N) is 2. The Balaban J connectivity index is 1.34. The number of carbonyl (C=O) groups excluding carboxylic acids is 1. The molecule has 0 radical (unpaired) electrons. The summed E-state index contributed by atoms with van der Waals surface area (Å²) in [4.78, 5) is 27.2. The van der Waals surface area contributed by atoms with E-state index in [-0.39, 0.29) is 12.4 Å². The molecule has 0 aliphatic heterocycles. The van der Waals surface area contributed by atoms with Crippen LogP contribution in [0.25, 0.3) is 33.2 Å². The molecule has 0 aliphatic rings. The van der Waals surface area contributed by atoms with Gasteiger partial charge in [-0.1, -0.05) is 121 Å². The van der Waals surface area contributed by atoms with Gasteiger partial charge in [0.1, 0.15) is 5.54 Å². The minimum Gasteiger partial charge on any atom is -0.394 e. The number of aliphatic hydroxyl groups is 1. The molecule has 0 saturated heterocycles. The number of aromatic nitrogens is 5. The van der Waals surface area contributed by atoms with Crippen LogP contribution < -0.4 is 5.32 Å². The molecule has 0 spiro atoms. The van der Waals surface area contributed by atoms with Crippen LogP contribution in [0.15, 0.2) is 158 Å². The smallest absolute Gasteiger partial charge is 0.289 e. The topological polar surface area (TPSA) is 109 Å². The molecule has 3 heterocycles. The standard InChI is InChI=1S/C42H34N6O2/c49-28-34(25-29-13-5-1-6-14-29)44-41(50)40-45-36-26-35-38(27-37(36)46-40)48(47-39(35)30-21-23-43-24-22-30)42(31-15-7-2-8-16-31,32-17-9-3-10-18-32)33-19-11-4-12-20-33/h1-24,26-27,34,47,49H,25,28H2,(H,44,50). The summed E-state index contributed by atoms with van der Waals surface area (Å²) in [5, 5.41) is 17.8. The number of carbonyl (C=O) groups is 1. The normalized spacial score (nSPS) is 12.3. The number of imidazole rings is 1. The molecule has 1 unspecified atom stereocenters. The van der Waals surface area contributed by atoms with Gasteiger partial charge < -0.3 is 10.4 Å². The van der Waals surface area contributed by atoms with E-state index in [1.807, 2.05) is 72.8 Å². The van der Waals surface area contributed by atoms with Crippen molar-refractivity contribution in [2.24, 2.45) is 0 Å². The van der Waals surface area contributed by atoms with Crippen molar-refractivity contribution in [2.75, 3.05) is 6.61 Å². The zero-order valence-electron chi connectivity index (χ0n) is 27.1. The maximum atomic E-state index is 13.5. The highest BCUT2D eigenvalue weighted by Crippen LogP contribution is 2.44. The van der Waals surface area contributed by atoms with Crippen LogP contribution in [0.2, 0.25) is 0 Å². The summed E-state index contributed by atoms with van der Waals surface area (Å²) in [6, 6.07) is 48.6. The first-order valence-electron chi connectivity index (χ1n) is 16.6. The summed E-state index contributed by atoms with van der Waals surface area (Å²) in [5.41, 5.74) is 7.28. The molecular formula is C42H34N6O2. The van der Waals surface area contributed by atoms with E-state index in [1.54, 1.807) is 12.4 Å². The Labute approximate surface area is 289 Å². The fourth-order valence-electron chi connectivity index (χ4n) is 6.96. The fourth-order valence-corrected chi connectivity index (χ4v) is 6.96. The van der Waals surface area contributed by atoms with E-state index < -0.39 is 17.5 Å². The van der Waals surface area contributed by atoms with Crippen LogP contribution in [-0.2, 0) is 12.0 Å². The van der Waals surface area contributed by atoms with E-state index >= 15 is 0 Å².